The highest BCUT2D eigenvalue weighted by Gasteiger charge is 2.25. The summed E-state index contributed by atoms with van der Waals surface area (Å²) in [6.07, 6.45) is 0. The standard InChI is InChI=1S/C17H22N4O2/c1-4-20-7-9-21(10-8-20)17(23)15-16(22)13-11-12(2)5-6-14(13)19(3)18-15/h5-6,11H,4,7-10H2,1-3H3. The van der Waals surface area contributed by atoms with Gasteiger partial charge in [-0.15, -0.1) is 0 Å². The quantitative estimate of drug-likeness (QED) is 0.830. The maximum atomic E-state index is 12.7. The number of fused-ring (bicyclic) bond motifs is 1. The van der Waals surface area contributed by atoms with Crippen LogP contribution in [0.15, 0.2) is 23.0 Å². The molecular weight excluding hydrogens is 292 g/mol. The topological polar surface area (TPSA) is 58.4 Å². The molecule has 122 valence electrons. The number of aryl methyl sites for hydroxylation is 2. The maximum absolute atomic E-state index is 12.7. The molecule has 1 saturated heterocycles. The van der Waals surface area contributed by atoms with Crippen molar-refractivity contribution in [1.29, 1.82) is 0 Å². The largest absolute Gasteiger partial charge is 0.335 e. The number of carbonyl (C=O) groups excluding carboxylic acids is 1. The summed E-state index contributed by atoms with van der Waals surface area (Å²) in [6.45, 7) is 8.00. The lowest BCUT2D eigenvalue weighted by molar-refractivity contribution is 0.0634. The Kier molecular flexibility index (Phi) is 4.17. The van der Waals surface area contributed by atoms with Gasteiger partial charge in [-0.05, 0) is 25.6 Å². The third kappa shape index (κ3) is 2.86. The van der Waals surface area contributed by atoms with Gasteiger partial charge in [0.25, 0.3) is 5.91 Å². The van der Waals surface area contributed by atoms with Gasteiger partial charge in [-0.25, -0.2) is 0 Å². The van der Waals surface area contributed by atoms with Gasteiger partial charge in [0.05, 0.1) is 10.9 Å². The van der Waals surface area contributed by atoms with Crippen molar-refractivity contribution in [2.24, 2.45) is 7.05 Å². The number of hydrogen-bond acceptors (Lipinski definition) is 4. The van der Waals surface area contributed by atoms with Crippen LogP contribution in [-0.2, 0) is 7.05 Å². The van der Waals surface area contributed by atoms with E-state index in [1.807, 2.05) is 25.1 Å². The van der Waals surface area contributed by atoms with Gasteiger partial charge in [0.15, 0.2) is 5.69 Å². The van der Waals surface area contributed by atoms with Gasteiger partial charge in [-0.1, -0.05) is 18.6 Å². The van der Waals surface area contributed by atoms with Crippen molar-refractivity contribution in [2.75, 3.05) is 32.7 Å². The van der Waals surface area contributed by atoms with Gasteiger partial charge in [-0.3, -0.25) is 14.3 Å². The number of hydrogen-bond donors (Lipinski definition) is 0. The lowest BCUT2D eigenvalue weighted by atomic mass is 10.1. The van der Waals surface area contributed by atoms with Crippen molar-refractivity contribution in [3.05, 3.63) is 39.7 Å². The zero-order valence-electron chi connectivity index (χ0n) is 13.9. The number of piperazine rings is 1. The minimum absolute atomic E-state index is 0.0237. The van der Waals surface area contributed by atoms with Crippen LogP contribution < -0.4 is 5.43 Å². The third-order valence-electron chi connectivity index (χ3n) is 4.52. The highest BCUT2D eigenvalue weighted by atomic mass is 16.2. The summed E-state index contributed by atoms with van der Waals surface area (Å²) in [4.78, 5) is 29.5. The van der Waals surface area contributed by atoms with Crippen LogP contribution in [-0.4, -0.2) is 58.2 Å². The number of benzene rings is 1. The van der Waals surface area contributed by atoms with E-state index in [0.29, 0.717) is 18.5 Å². The molecule has 0 aliphatic carbocycles. The van der Waals surface area contributed by atoms with Crippen LogP contribution >= 0.6 is 0 Å². The van der Waals surface area contributed by atoms with E-state index in [1.165, 1.54) is 0 Å². The number of amides is 1. The van der Waals surface area contributed by atoms with Crippen molar-refractivity contribution >= 4 is 16.8 Å². The zero-order valence-corrected chi connectivity index (χ0v) is 13.9. The van der Waals surface area contributed by atoms with E-state index >= 15 is 0 Å². The monoisotopic (exact) mass is 314 g/mol. The van der Waals surface area contributed by atoms with Crippen LogP contribution in [0, 0.1) is 6.92 Å². The molecule has 6 heteroatoms. The van der Waals surface area contributed by atoms with Crippen molar-refractivity contribution in [3.63, 3.8) is 0 Å². The van der Waals surface area contributed by atoms with Gasteiger partial charge in [-0.2, -0.15) is 5.10 Å². The molecule has 0 unspecified atom stereocenters. The predicted octanol–water partition coefficient (Wildman–Crippen LogP) is 1.02. The van der Waals surface area contributed by atoms with E-state index in [0.717, 1.165) is 30.7 Å². The van der Waals surface area contributed by atoms with Gasteiger partial charge in [0, 0.05) is 33.2 Å². The molecule has 1 aromatic heterocycles. The molecule has 1 fully saturated rings. The molecule has 1 aromatic carbocycles. The van der Waals surface area contributed by atoms with E-state index in [2.05, 4.69) is 16.9 Å². The zero-order chi connectivity index (χ0) is 16.6. The first kappa shape index (κ1) is 15.7. The fourth-order valence-electron chi connectivity index (χ4n) is 3.05. The summed E-state index contributed by atoms with van der Waals surface area (Å²) < 4.78 is 1.62. The SMILES string of the molecule is CCN1CCN(C(=O)c2nn(C)c3ccc(C)cc3c2=O)CC1. The third-order valence-corrected chi connectivity index (χ3v) is 4.52. The Morgan fingerprint density at radius 2 is 1.91 bits per heavy atom. The summed E-state index contributed by atoms with van der Waals surface area (Å²) in [5.74, 6) is -0.259. The second-order valence-corrected chi connectivity index (χ2v) is 6.05. The summed E-state index contributed by atoms with van der Waals surface area (Å²) in [5.41, 5.74) is 1.49. The summed E-state index contributed by atoms with van der Waals surface area (Å²) in [5, 5.41) is 4.80. The Hall–Kier alpha value is -2.21. The van der Waals surface area contributed by atoms with E-state index < -0.39 is 0 Å². The van der Waals surface area contributed by atoms with Gasteiger partial charge >= 0.3 is 0 Å². The summed E-state index contributed by atoms with van der Waals surface area (Å²) in [6, 6.07) is 5.63. The lowest BCUT2D eigenvalue weighted by Crippen LogP contribution is -2.49. The number of nitrogens with zero attached hydrogens (tertiary/aromatic N) is 4. The molecule has 3 rings (SSSR count). The molecule has 0 N–H and O–H groups in total. The van der Waals surface area contributed by atoms with Crippen LogP contribution in [0.4, 0.5) is 0 Å². The lowest BCUT2D eigenvalue weighted by Gasteiger charge is -2.33. The predicted molar refractivity (Wildman–Crippen MR) is 89.7 cm³/mol. The van der Waals surface area contributed by atoms with Crippen LogP contribution in [0.2, 0.25) is 0 Å². The first-order valence-corrected chi connectivity index (χ1v) is 8.00. The molecule has 0 saturated carbocycles. The fraction of sp³-hybridized carbons (Fsp3) is 0.471. The Morgan fingerprint density at radius 3 is 2.57 bits per heavy atom. The van der Waals surface area contributed by atoms with Gasteiger partial charge < -0.3 is 9.80 Å². The molecule has 1 aliphatic rings. The maximum Gasteiger partial charge on any atom is 0.278 e. The van der Waals surface area contributed by atoms with E-state index in [1.54, 1.807) is 16.6 Å². The summed E-state index contributed by atoms with van der Waals surface area (Å²) >= 11 is 0. The Morgan fingerprint density at radius 1 is 1.22 bits per heavy atom. The smallest absolute Gasteiger partial charge is 0.278 e. The first-order chi connectivity index (χ1) is 11.0. The van der Waals surface area contributed by atoms with E-state index in [9.17, 15) is 9.59 Å². The van der Waals surface area contributed by atoms with Crippen LogP contribution in [0.3, 0.4) is 0 Å². The minimum Gasteiger partial charge on any atom is -0.335 e. The second-order valence-electron chi connectivity index (χ2n) is 6.05. The number of aromatic nitrogens is 2. The molecule has 0 atom stereocenters. The Bertz CT molecular complexity index is 804. The van der Waals surface area contributed by atoms with Gasteiger partial charge in [0.1, 0.15) is 0 Å². The average Bonchev–Trinajstić information content (AvgIpc) is 2.57. The Balaban J connectivity index is 1.98. The van der Waals surface area contributed by atoms with Crippen molar-refractivity contribution in [3.8, 4) is 0 Å². The fourth-order valence-corrected chi connectivity index (χ4v) is 3.05. The van der Waals surface area contributed by atoms with E-state index in [4.69, 9.17) is 0 Å². The van der Waals surface area contributed by atoms with Crippen LogP contribution in [0.1, 0.15) is 23.0 Å². The molecule has 0 bridgehead atoms. The molecule has 2 heterocycles. The van der Waals surface area contributed by atoms with Crippen LogP contribution in [0.5, 0.6) is 0 Å². The average molecular weight is 314 g/mol. The first-order valence-electron chi connectivity index (χ1n) is 8.00. The van der Waals surface area contributed by atoms with Gasteiger partial charge in [0.2, 0.25) is 5.43 Å². The van der Waals surface area contributed by atoms with Crippen LogP contribution in [0.25, 0.3) is 10.9 Å². The summed E-state index contributed by atoms with van der Waals surface area (Å²) in [7, 11) is 1.77. The molecular formula is C17H22N4O2. The minimum atomic E-state index is -0.273. The molecule has 23 heavy (non-hydrogen) atoms. The molecule has 0 spiro atoms. The molecule has 6 nitrogen and oxygen atoms in total. The number of carbonyl (C=O) groups is 1. The molecule has 1 amide bonds. The highest BCUT2D eigenvalue weighted by Crippen LogP contribution is 2.13. The molecule has 0 radical (unpaired) electrons. The second kappa shape index (κ2) is 6.12. The van der Waals surface area contributed by atoms with Crippen molar-refractivity contribution in [2.45, 2.75) is 13.8 Å². The Labute approximate surface area is 135 Å². The normalized spacial score (nSPS) is 16.0. The van der Waals surface area contributed by atoms with Crippen molar-refractivity contribution in [1.82, 2.24) is 19.6 Å². The number of likely N-dealkylation sites (N-methyl/N-ethyl adjacent to an activating group) is 1. The molecule has 1 aliphatic heterocycles. The number of rotatable bonds is 2. The molecule has 2 aromatic rings. The van der Waals surface area contributed by atoms with Crippen molar-refractivity contribution < 1.29 is 4.79 Å². The van der Waals surface area contributed by atoms with E-state index in [-0.39, 0.29) is 17.0 Å². The highest BCUT2D eigenvalue weighted by molar-refractivity contribution is 5.95.